The molecule has 0 spiro atoms. The van der Waals surface area contributed by atoms with Crippen molar-refractivity contribution in [1.29, 1.82) is 0 Å². The summed E-state index contributed by atoms with van der Waals surface area (Å²) in [7, 11) is 0. The van der Waals surface area contributed by atoms with Crippen LogP contribution in [0.1, 0.15) is 41.1 Å². The van der Waals surface area contributed by atoms with Crippen molar-refractivity contribution < 1.29 is 14.6 Å². The minimum atomic E-state index is -0.582. The second-order valence-corrected chi connectivity index (χ2v) is 9.57. The van der Waals surface area contributed by atoms with Gasteiger partial charge in [0, 0.05) is 18.5 Å². The summed E-state index contributed by atoms with van der Waals surface area (Å²) < 4.78 is 14.7. The summed E-state index contributed by atoms with van der Waals surface area (Å²) in [5.74, 6) is 0. The van der Waals surface area contributed by atoms with Crippen LogP contribution < -0.4 is 5.73 Å². The fraction of sp³-hybridized carbons (Fsp3) is 0.250. The normalized spacial score (nSPS) is 19.9. The Morgan fingerprint density at radius 3 is 2.36 bits per heavy atom. The zero-order valence-corrected chi connectivity index (χ0v) is 21.1. The highest BCUT2D eigenvalue weighted by atomic mass is 35.5. The Hall–Kier alpha value is -2.71. The van der Waals surface area contributed by atoms with Crippen LogP contribution in [0.15, 0.2) is 79.1 Å². The summed E-state index contributed by atoms with van der Waals surface area (Å²) in [6.07, 6.45) is 1.26. The number of nitrogens with two attached hydrogens (primary N) is 1. The lowest BCUT2D eigenvalue weighted by Gasteiger charge is -2.36. The number of aliphatic hydroxyl groups excluding tert-OH is 1. The molecule has 3 aromatic carbocycles. The van der Waals surface area contributed by atoms with Gasteiger partial charge < -0.3 is 24.9 Å². The molecule has 0 saturated carbocycles. The van der Waals surface area contributed by atoms with Crippen molar-refractivity contribution in [3.8, 4) is 11.1 Å². The summed E-state index contributed by atoms with van der Waals surface area (Å²) in [4.78, 5) is 4.09. The molecule has 0 radical (unpaired) electrons. The van der Waals surface area contributed by atoms with Crippen LogP contribution in [0.2, 0.25) is 10.3 Å². The lowest BCUT2D eigenvalue weighted by atomic mass is 9.98. The van der Waals surface area contributed by atoms with Gasteiger partial charge in [-0.25, -0.2) is 4.98 Å². The van der Waals surface area contributed by atoms with Crippen LogP contribution in [0.4, 0.5) is 0 Å². The van der Waals surface area contributed by atoms with Crippen molar-refractivity contribution in [2.75, 3.05) is 0 Å². The predicted octanol–water partition coefficient (Wildman–Crippen LogP) is 6.05. The molecule has 0 amide bonds. The van der Waals surface area contributed by atoms with Crippen LogP contribution in [0.3, 0.4) is 0 Å². The number of hydrogen-bond acceptors (Lipinski definition) is 5. The van der Waals surface area contributed by atoms with Gasteiger partial charge in [-0.3, -0.25) is 0 Å². The molecule has 3 atom stereocenters. The van der Waals surface area contributed by atoms with Crippen LogP contribution in [0.25, 0.3) is 11.1 Å². The van der Waals surface area contributed by atoms with Crippen molar-refractivity contribution in [3.05, 3.63) is 112 Å². The van der Waals surface area contributed by atoms with Crippen LogP contribution >= 0.6 is 23.2 Å². The van der Waals surface area contributed by atoms with Gasteiger partial charge in [0.15, 0.2) is 11.4 Å². The van der Waals surface area contributed by atoms with Gasteiger partial charge in [-0.05, 0) is 39.9 Å². The van der Waals surface area contributed by atoms with E-state index in [0.29, 0.717) is 24.7 Å². The highest BCUT2D eigenvalue weighted by molar-refractivity contribution is 6.40. The molecule has 186 valence electrons. The second kappa shape index (κ2) is 11.1. The molecule has 0 aliphatic carbocycles. The summed E-state index contributed by atoms with van der Waals surface area (Å²) >= 11 is 12.4. The molecule has 2 heterocycles. The minimum absolute atomic E-state index is 0.00178. The Morgan fingerprint density at radius 1 is 0.917 bits per heavy atom. The van der Waals surface area contributed by atoms with E-state index in [4.69, 9.17) is 38.4 Å². The molecular formula is C28H27Cl2N3O3. The van der Waals surface area contributed by atoms with Crippen molar-refractivity contribution >= 4 is 23.2 Å². The monoisotopic (exact) mass is 523 g/mol. The van der Waals surface area contributed by atoms with E-state index in [1.165, 1.54) is 0 Å². The highest BCUT2D eigenvalue weighted by Gasteiger charge is 2.33. The molecule has 1 aromatic heterocycles. The van der Waals surface area contributed by atoms with E-state index in [1.807, 2.05) is 48.5 Å². The number of imidazole rings is 1. The predicted molar refractivity (Wildman–Crippen MR) is 140 cm³/mol. The summed E-state index contributed by atoms with van der Waals surface area (Å²) in [6.45, 7) is 0.974. The Labute approximate surface area is 220 Å². The quantitative estimate of drug-likeness (QED) is 0.308. The molecule has 1 saturated heterocycles. The highest BCUT2D eigenvalue weighted by Crippen LogP contribution is 2.39. The Balaban J connectivity index is 1.45. The molecule has 6 nitrogen and oxygen atoms in total. The molecule has 1 aliphatic rings. The SMILES string of the molecule is NCc1cccc(-c2cccc([C@H]3O[C@@H](Cn4cnc(Cl)c4Cl)C[C@@H](c4ccc(CO)cc4)O3)c2)c1. The maximum atomic E-state index is 9.43. The molecule has 0 unspecified atom stereocenters. The number of hydrogen-bond donors (Lipinski definition) is 2. The third kappa shape index (κ3) is 5.49. The van der Waals surface area contributed by atoms with E-state index in [2.05, 4.69) is 29.2 Å². The van der Waals surface area contributed by atoms with Gasteiger partial charge in [-0.2, -0.15) is 0 Å². The van der Waals surface area contributed by atoms with Crippen molar-refractivity contribution in [3.63, 3.8) is 0 Å². The van der Waals surface area contributed by atoms with E-state index >= 15 is 0 Å². The van der Waals surface area contributed by atoms with E-state index in [9.17, 15) is 5.11 Å². The first-order valence-electron chi connectivity index (χ1n) is 11.8. The van der Waals surface area contributed by atoms with Gasteiger partial charge in [0.1, 0.15) is 5.15 Å². The molecular weight excluding hydrogens is 497 g/mol. The van der Waals surface area contributed by atoms with Gasteiger partial charge in [0.25, 0.3) is 0 Å². The summed E-state index contributed by atoms with van der Waals surface area (Å²) in [5, 5.41) is 10.1. The standard InChI is InChI=1S/C28H27Cl2N3O3/c29-26-27(30)33(17-32-26)15-24-13-25(20-9-7-18(16-34)8-10-20)36-28(35-24)23-6-2-5-22(12-23)21-4-1-3-19(11-21)14-31/h1-12,17,24-25,28,34H,13-16,31H2/t24-,25+,28+/m1/s1. The first kappa shape index (κ1) is 25.0. The Bertz CT molecular complexity index is 1330. The fourth-order valence-corrected chi connectivity index (χ4v) is 4.78. The third-order valence-electron chi connectivity index (χ3n) is 6.40. The van der Waals surface area contributed by atoms with Gasteiger partial charge in [-0.1, -0.05) is 83.9 Å². The fourth-order valence-electron chi connectivity index (χ4n) is 4.47. The first-order valence-corrected chi connectivity index (χ1v) is 12.6. The number of benzene rings is 3. The molecule has 1 aliphatic heterocycles. The van der Waals surface area contributed by atoms with Gasteiger partial charge in [0.2, 0.25) is 0 Å². The average molecular weight is 524 g/mol. The smallest absolute Gasteiger partial charge is 0.184 e. The van der Waals surface area contributed by atoms with Gasteiger partial charge >= 0.3 is 0 Å². The molecule has 4 aromatic rings. The number of halogens is 2. The average Bonchev–Trinajstić information content (AvgIpc) is 3.25. The van der Waals surface area contributed by atoms with Crippen LogP contribution in [-0.2, 0) is 29.2 Å². The summed E-state index contributed by atoms with van der Waals surface area (Å²) in [6, 6.07) is 24.2. The molecule has 5 rings (SSSR count). The molecule has 3 N–H and O–H groups in total. The largest absolute Gasteiger partial charge is 0.392 e. The molecule has 0 bridgehead atoms. The van der Waals surface area contributed by atoms with Crippen LogP contribution in [0, 0.1) is 0 Å². The first-order chi connectivity index (χ1) is 17.5. The maximum absolute atomic E-state index is 9.43. The second-order valence-electron chi connectivity index (χ2n) is 8.86. The molecule has 1 fully saturated rings. The Kier molecular flexibility index (Phi) is 7.72. The zero-order valence-electron chi connectivity index (χ0n) is 19.6. The lowest BCUT2D eigenvalue weighted by Crippen LogP contribution is -2.32. The summed E-state index contributed by atoms with van der Waals surface area (Å²) in [5.41, 5.74) is 11.9. The minimum Gasteiger partial charge on any atom is -0.392 e. The van der Waals surface area contributed by atoms with E-state index in [0.717, 1.165) is 33.4 Å². The van der Waals surface area contributed by atoms with Crippen molar-refractivity contribution in [2.45, 2.75) is 44.6 Å². The number of aliphatic hydroxyl groups is 1. The van der Waals surface area contributed by atoms with Crippen LogP contribution in [0.5, 0.6) is 0 Å². The van der Waals surface area contributed by atoms with Crippen molar-refractivity contribution in [1.82, 2.24) is 9.55 Å². The third-order valence-corrected chi connectivity index (χ3v) is 7.17. The van der Waals surface area contributed by atoms with E-state index in [1.54, 1.807) is 10.9 Å². The zero-order chi connectivity index (χ0) is 25.1. The lowest BCUT2D eigenvalue weighted by molar-refractivity contribution is -0.252. The van der Waals surface area contributed by atoms with E-state index in [-0.39, 0.29) is 24.0 Å². The number of nitrogens with zero attached hydrogens (tertiary/aromatic N) is 2. The Morgan fingerprint density at radius 2 is 1.67 bits per heavy atom. The molecule has 8 heteroatoms. The molecule has 36 heavy (non-hydrogen) atoms. The van der Waals surface area contributed by atoms with E-state index < -0.39 is 6.29 Å². The van der Waals surface area contributed by atoms with Crippen LogP contribution in [-0.4, -0.2) is 20.8 Å². The van der Waals surface area contributed by atoms with Gasteiger partial charge in [-0.15, -0.1) is 0 Å². The van der Waals surface area contributed by atoms with Gasteiger partial charge in [0.05, 0.1) is 31.7 Å². The maximum Gasteiger partial charge on any atom is 0.184 e. The van der Waals surface area contributed by atoms with Crippen molar-refractivity contribution in [2.24, 2.45) is 5.73 Å². The number of aromatic nitrogens is 2. The number of ether oxygens (including phenoxy) is 2. The number of rotatable bonds is 7. The topological polar surface area (TPSA) is 82.5 Å².